The Hall–Kier alpha value is -2.11. The van der Waals surface area contributed by atoms with Crippen molar-refractivity contribution in [3.63, 3.8) is 0 Å². The zero-order valence-electron chi connectivity index (χ0n) is 13.3. The van der Waals surface area contributed by atoms with Crippen molar-refractivity contribution in [2.24, 2.45) is 0 Å². The molecule has 0 amide bonds. The van der Waals surface area contributed by atoms with Gasteiger partial charge in [-0.1, -0.05) is 6.07 Å². The van der Waals surface area contributed by atoms with E-state index in [1.165, 1.54) is 29.2 Å². The molecule has 0 aromatic carbocycles. The number of anilines is 1. The topological polar surface area (TPSA) is 140 Å². The number of fused-ring (bicyclic) bond motifs is 1. The third-order valence-electron chi connectivity index (χ3n) is 4.38. The lowest BCUT2D eigenvalue weighted by atomic mass is 9.96. The van der Waals surface area contributed by atoms with Gasteiger partial charge in [-0.05, 0) is 18.4 Å². The number of aliphatic hydroxyl groups excluding tert-OH is 2. The number of ether oxygens (including phenoxy) is 1. The van der Waals surface area contributed by atoms with E-state index in [4.69, 9.17) is 10.5 Å². The lowest BCUT2D eigenvalue weighted by molar-refractivity contribution is -0.0950. The minimum Gasteiger partial charge on any atom is -0.394 e. The Morgan fingerprint density at radius 1 is 1.44 bits per heavy atom. The van der Waals surface area contributed by atoms with Crippen LogP contribution in [0.2, 0.25) is 0 Å². The van der Waals surface area contributed by atoms with E-state index < -0.39 is 30.6 Å². The Morgan fingerprint density at radius 3 is 2.88 bits per heavy atom. The molecular weight excluding hydrogens is 346 g/mol. The molecule has 1 fully saturated rings. The van der Waals surface area contributed by atoms with Gasteiger partial charge in [0.15, 0.2) is 11.9 Å². The molecule has 1 aliphatic heterocycles. The summed E-state index contributed by atoms with van der Waals surface area (Å²) in [7, 11) is 0. The fourth-order valence-corrected chi connectivity index (χ4v) is 3.80. The van der Waals surface area contributed by atoms with Gasteiger partial charge in [-0.2, -0.15) is 4.98 Å². The van der Waals surface area contributed by atoms with E-state index in [-0.39, 0.29) is 5.95 Å². The summed E-state index contributed by atoms with van der Waals surface area (Å²) in [6, 6.07) is 3.80. The van der Waals surface area contributed by atoms with Crippen molar-refractivity contribution in [1.82, 2.24) is 19.5 Å². The lowest BCUT2D eigenvalue weighted by Gasteiger charge is -2.27. The van der Waals surface area contributed by atoms with Gasteiger partial charge in [0.25, 0.3) is 0 Å². The van der Waals surface area contributed by atoms with Crippen molar-refractivity contribution in [3.8, 4) is 10.6 Å². The summed E-state index contributed by atoms with van der Waals surface area (Å²) >= 11 is 1.50. The minimum atomic E-state index is -1.64. The predicted molar refractivity (Wildman–Crippen MR) is 90.7 cm³/mol. The van der Waals surface area contributed by atoms with Gasteiger partial charge < -0.3 is 25.8 Å². The van der Waals surface area contributed by atoms with Gasteiger partial charge >= 0.3 is 0 Å². The maximum atomic E-state index is 10.7. The average Bonchev–Trinajstić information content (AvgIpc) is 3.28. The molecule has 3 aromatic rings. The molecule has 3 aromatic heterocycles. The number of hydrogen-bond donors (Lipinski definition) is 4. The molecule has 4 heterocycles. The van der Waals surface area contributed by atoms with Crippen LogP contribution in [0.25, 0.3) is 21.7 Å². The number of hydrogen-bond acceptors (Lipinski definition) is 9. The number of rotatable bonds is 3. The number of aromatic nitrogens is 4. The second-order valence-corrected chi connectivity index (χ2v) is 7.06. The molecule has 0 unspecified atom stereocenters. The van der Waals surface area contributed by atoms with E-state index in [1.807, 2.05) is 17.5 Å². The normalized spacial score (nSPS) is 29.5. The molecule has 0 radical (unpaired) electrons. The summed E-state index contributed by atoms with van der Waals surface area (Å²) in [5.74, 6) is 0.0644. The van der Waals surface area contributed by atoms with Crippen molar-refractivity contribution >= 4 is 28.4 Å². The molecule has 1 aliphatic rings. The number of aliphatic hydroxyl groups is 3. The highest BCUT2D eigenvalue weighted by atomic mass is 32.1. The van der Waals surface area contributed by atoms with Crippen molar-refractivity contribution in [2.45, 2.75) is 31.0 Å². The van der Waals surface area contributed by atoms with E-state index >= 15 is 0 Å². The van der Waals surface area contributed by atoms with E-state index in [2.05, 4.69) is 15.0 Å². The molecule has 9 nitrogen and oxygen atoms in total. The second-order valence-electron chi connectivity index (χ2n) is 6.11. The molecule has 25 heavy (non-hydrogen) atoms. The summed E-state index contributed by atoms with van der Waals surface area (Å²) in [5, 5.41) is 32.1. The molecule has 0 bridgehead atoms. The highest BCUT2D eigenvalue weighted by Crippen LogP contribution is 2.40. The van der Waals surface area contributed by atoms with Crippen LogP contribution in [0.4, 0.5) is 5.95 Å². The van der Waals surface area contributed by atoms with Crippen LogP contribution in [-0.4, -0.2) is 59.3 Å². The minimum absolute atomic E-state index is 0.0644. The quantitative estimate of drug-likeness (QED) is 0.515. The maximum Gasteiger partial charge on any atom is 0.222 e. The van der Waals surface area contributed by atoms with Crippen LogP contribution >= 0.6 is 11.3 Å². The first-order valence-corrected chi connectivity index (χ1v) is 8.52. The molecule has 10 heteroatoms. The van der Waals surface area contributed by atoms with Crippen LogP contribution in [0.3, 0.4) is 0 Å². The number of nitrogens with zero attached hydrogens (tertiary/aromatic N) is 4. The first-order valence-electron chi connectivity index (χ1n) is 7.64. The number of nitrogens with two attached hydrogens (primary N) is 1. The monoisotopic (exact) mass is 363 g/mol. The van der Waals surface area contributed by atoms with Crippen LogP contribution in [0.5, 0.6) is 0 Å². The molecule has 4 atom stereocenters. The smallest absolute Gasteiger partial charge is 0.222 e. The highest BCUT2D eigenvalue weighted by Gasteiger charge is 2.53. The molecule has 5 N–H and O–H groups in total. The third kappa shape index (κ3) is 2.41. The summed E-state index contributed by atoms with van der Waals surface area (Å²) < 4.78 is 7.14. The van der Waals surface area contributed by atoms with Crippen molar-refractivity contribution in [3.05, 3.63) is 23.8 Å². The molecule has 0 spiro atoms. The van der Waals surface area contributed by atoms with Crippen molar-refractivity contribution < 1.29 is 20.1 Å². The molecule has 0 saturated carbocycles. The molecule has 0 aliphatic carbocycles. The SMILES string of the molecule is C[C@@]1(O)[C@H](O)[C@@H](CO)O[C@H]1n1cnc2c(-c3cccs3)nc(N)nc21. The standard InChI is InChI=1S/C15H17N5O4S/c1-15(23)11(22)7(5-21)24-13(15)20-6-17-10-9(8-3-2-4-25-8)18-14(16)19-12(10)20/h2-4,6-7,11,13,21-23H,5H2,1H3,(H2,16,18,19)/t7-,11-,13-,15-/m1/s1. The summed E-state index contributed by atoms with van der Waals surface area (Å²) in [6.07, 6.45) is -1.68. The third-order valence-corrected chi connectivity index (χ3v) is 5.26. The number of nitrogen functional groups attached to an aromatic ring is 1. The van der Waals surface area contributed by atoms with E-state index in [0.29, 0.717) is 16.9 Å². The van der Waals surface area contributed by atoms with Crippen molar-refractivity contribution in [1.29, 1.82) is 0 Å². The van der Waals surface area contributed by atoms with Crippen LogP contribution in [-0.2, 0) is 4.74 Å². The predicted octanol–water partition coefficient (Wildman–Crippen LogP) is 0.139. The summed E-state index contributed by atoms with van der Waals surface area (Å²) in [6.45, 7) is 1.02. The Morgan fingerprint density at radius 2 is 2.24 bits per heavy atom. The van der Waals surface area contributed by atoms with E-state index in [1.54, 1.807) is 0 Å². The Kier molecular flexibility index (Phi) is 3.74. The van der Waals surface area contributed by atoms with Crippen molar-refractivity contribution in [2.75, 3.05) is 12.3 Å². The highest BCUT2D eigenvalue weighted by molar-refractivity contribution is 7.13. The first-order chi connectivity index (χ1) is 11.9. The lowest BCUT2D eigenvalue weighted by Crippen LogP contribution is -2.44. The zero-order valence-corrected chi connectivity index (χ0v) is 14.1. The maximum absolute atomic E-state index is 10.7. The summed E-state index contributed by atoms with van der Waals surface area (Å²) in [4.78, 5) is 13.7. The van der Waals surface area contributed by atoms with Gasteiger partial charge in [0.2, 0.25) is 5.95 Å². The largest absolute Gasteiger partial charge is 0.394 e. The first kappa shape index (κ1) is 16.4. The van der Waals surface area contributed by atoms with Crippen LogP contribution in [0.1, 0.15) is 13.2 Å². The van der Waals surface area contributed by atoms with Crippen LogP contribution in [0.15, 0.2) is 23.8 Å². The van der Waals surface area contributed by atoms with Gasteiger partial charge in [0, 0.05) is 0 Å². The van der Waals surface area contributed by atoms with Gasteiger partial charge in [-0.3, -0.25) is 4.57 Å². The zero-order chi connectivity index (χ0) is 17.8. The van der Waals surface area contributed by atoms with E-state index in [9.17, 15) is 15.3 Å². The fraction of sp³-hybridized carbons (Fsp3) is 0.400. The molecule has 1 saturated heterocycles. The Balaban J connectivity index is 1.87. The number of thiophene rings is 1. The van der Waals surface area contributed by atoms with Gasteiger partial charge in [-0.25, -0.2) is 9.97 Å². The van der Waals surface area contributed by atoms with Gasteiger partial charge in [0.05, 0.1) is 17.8 Å². The fourth-order valence-electron chi connectivity index (χ4n) is 3.08. The summed E-state index contributed by atoms with van der Waals surface area (Å²) in [5.41, 5.74) is 5.70. The molecular formula is C15H17N5O4S. The van der Waals surface area contributed by atoms with E-state index in [0.717, 1.165) is 4.88 Å². The second kappa shape index (κ2) is 5.71. The molecule has 132 valence electrons. The Bertz CT molecular complexity index is 910. The number of imidazole rings is 1. The molecule has 4 rings (SSSR count). The van der Waals surface area contributed by atoms with Gasteiger partial charge in [0.1, 0.15) is 29.0 Å². The van der Waals surface area contributed by atoms with Crippen LogP contribution in [0, 0.1) is 0 Å². The average molecular weight is 363 g/mol. The Labute approximate surface area is 146 Å². The van der Waals surface area contributed by atoms with Gasteiger partial charge in [-0.15, -0.1) is 11.3 Å². The van der Waals surface area contributed by atoms with Crippen LogP contribution < -0.4 is 5.73 Å².